The minimum atomic E-state index is 0.00138. The van der Waals surface area contributed by atoms with Crippen LogP contribution in [0.4, 0.5) is 0 Å². The number of ether oxygens (including phenoxy) is 1. The Labute approximate surface area is 176 Å². The number of carbonyl (C=O) groups excluding carboxylic acids is 1. The van der Waals surface area contributed by atoms with Crippen molar-refractivity contribution in [3.8, 4) is 0 Å². The summed E-state index contributed by atoms with van der Waals surface area (Å²) in [4.78, 5) is 11.7. The molecule has 0 amide bonds. The van der Waals surface area contributed by atoms with Gasteiger partial charge in [-0.3, -0.25) is 4.79 Å². The molecule has 0 aliphatic heterocycles. The molecule has 0 radical (unpaired) electrons. The summed E-state index contributed by atoms with van der Waals surface area (Å²) in [6.45, 7) is 7.40. The van der Waals surface area contributed by atoms with Gasteiger partial charge in [0.1, 0.15) is 0 Å². The molecular weight excluding hydrogens is 344 g/mol. The van der Waals surface area contributed by atoms with Crippen molar-refractivity contribution in [1.82, 2.24) is 0 Å². The van der Waals surface area contributed by atoms with Crippen LogP contribution in [0.3, 0.4) is 0 Å². The van der Waals surface area contributed by atoms with E-state index >= 15 is 0 Å². The molecule has 0 heterocycles. The maximum Gasteiger partial charge on any atom is 0.305 e. The van der Waals surface area contributed by atoms with E-state index in [1.165, 1.54) is 89.9 Å². The minimum Gasteiger partial charge on any atom is -0.466 e. The Bertz CT molecular complexity index is 346. The van der Waals surface area contributed by atoms with E-state index in [0.29, 0.717) is 13.0 Å². The Hall–Kier alpha value is -0.790. The quantitative estimate of drug-likeness (QED) is 0.110. The minimum absolute atomic E-state index is 0.00138. The Morgan fingerprint density at radius 2 is 1.25 bits per heavy atom. The van der Waals surface area contributed by atoms with E-state index < -0.39 is 0 Å². The van der Waals surface area contributed by atoms with Gasteiger partial charge in [0.05, 0.1) is 6.61 Å². The number of allylic oxidation sites excluding steroid dienone is 2. The second kappa shape index (κ2) is 22.5. The van der Waals surface area contributed by atoms with E-state index in [4.69, 9.17) is 4.74 Å². The molecule has 0 fully saturated rings. The molecule has 0 saturated heterocycles. The van der Waals surface area contributed by atoms with Gasteiger partial charge in [-0.25, -0.2) is 0 Å². The summed E-state index contributed by atoms with van der Waals surface area (Å²) >= 11 is 0. The lowest BCUT2D eigenvalue weighted by Crippen LogP contribution is -2.05. The van der Waals surface area contributed by atoms with Crippen molar-refractivity contribution in [2.75, 3.05) is 6.61 Å². The van der Waals surface area contributed by atoms with E-state index in [-0.39, 0.29) is 5.97 Å². The first kappa shape index (κ1) is 27.2. The molecule has 0 rings (SSSR count). The van der Waals surface area contributed by atoms with Crippen molar-refractivity contribution in [1.29, 1.82) is 0 Å². The summed E-state index contributed by atoms with van der Waals surface area (Å²) in [5.41, 5.74) is 0. The number of hydrogen-bond donors (Lipinski definition) is 0. The smallest absolute Gasteiger partial charge is 0.305 e. The summed E-state index contributed by atoms with van der Waals surface area (Å²) in [5.74, 6) is 0.783. The summed E-state index contributed by atoms with van der Waals surface area (Å²) in [7, 11) is 0. The van der Waals surface area contributed by atoms with Crippen LogP contribution >= 0.6 is 0 Å². The van der Waals surface area contributed by atoms with Crippen LogP contribution in [0.2, 0.25) is 0 Å². The first-order chi connectivity index (χ1) is 13.7. The van der Waals surface area contributed by atoms with Crippen molar-refractivity contribution >= 4 is 5.97 Å². The molecule has 2 nitrogen and oxygen atoms in total. The predicted octanol–water partition coefficient (Wildman–Crippen LogP) is 8.78. The van der Waals surface area contributed by atoms with Crippen LogP contribution in [0.1, 0.15) is 136 Å². The van der Waals surface area contributed by atoms with Gasteiger partial charge in [-0.05, 0) is 44.4 Å². The lowest BCUT2D eigenvalue weighted by molar-refractivity contribution is -0.143. The number of unbranched alkanes of at least 4 members (excludes halogenated alkanes) is 13. The highest BCUT2D eigenvalue weighted by molar-refractivity contribution is 5.69. The van der Waals surface area contributed by atoms with E-state index in [1.807, 2.05) is 0 Å². The maximum absolute atomic E-state index is 11.7. The number of esters is 1. The molecule has 0 aromatic rings. The Kier molecular flexibility index (Phi) is 21.9. The van der Waals surface area contributed by atoms with Gasteiger partial charge < -0.3 is 4.74 Å². The fourth-order valence-electron chi connectivity index (χ4n) is 3.43. The average Bonchev–Trinajstić information content (AvgIpc) is 2.67. The monoisotopic (exact) mass is 394 g/mol. The van der Waals surface area contributed by atoms with Gasteiger partial charge in [0, 0.05) is 6.42 Å². The van der Waals surface area contributed by atoms with E-state index in [9.17, 15) is 4.79 Å². The van der Waals surface area contributed by atoms with Crippen LogP contribution < -0.4 is 0 Å². The average molecular weight is 395 g/mol. The highest BCUT2D eigenvalue weighted by Gasteiger charge is 2.02. The van der Waals surface area contributed by atoms with Gasteiger partial charge in [-0.1, -0.05) is 104 Å². The second-order valence-electron chi connectivity index (χ2n) is 8.80. The van der Waals surface area contributed by atoms with Crippen molar-refractivity contribution < 1.29 is 9.53 Å². The van der Waals surface area contributed by atoms with Crippen LogP contribution in [0.25, 0.3) is 0 Å². The zero-order chi connectivity index (χ0) is 20.7. The highest BCUT2D eigenvalue weighted by atomic mass is 16.5. The lowest BCUT2D eigenvalue weighted by Gasteiger charge is -2.06. The second-order valence-corrected chi connectivity index (χ2v) is 8.80. The number of hydrogen-bond acceptors (Lipinski definition) is 2. The van der Waals surface area contributed by atoms with Crippen molar-refractivity contribution in [3.05, 3.63) is 12.2 Å². The Balaban J connectivity index is 3.21. The fourth-order valence-corrected chi connectivity index (χ4v) is 3.43. The van der Waals surface area contributed by atoms with Crippen LogP contribution in [-0.2, 0) is 9.53 Å². The molecule has 0 saturated carbocycles. The third-order valence-corrected chi connectivity index (χ3v) is 5.33. The van der Waals surface area contributed by atoms with Crippen LogP contribution in [0.15, 0.2) is 12.2 Å². The van der Waals surface area contributed by atoms with Gasteiger partial charge in [0.15, 0.2) is 0 Å². The fraction of sp³-hybridized carbons (Fsp3) is 0.885. The first-order valence-corrected chi connectivity index (χ1v) is 12.5. The molecule has 0 atom stereocenters. The molecule has 0 aliphatic rings. The molecular formula is C26H50O2. The molecule has 0 N–H and O–H groups in total. The molecule has 0 bridgehead atoms. The topological polar surface area (TPSA) is 26.3 Å². The van der Waals surface area contributed by atoms with Gasteiger partial charge in [-0.15, -0.1) is 0 Å². The molecule has 0 spiro atoms. The van der Waals surface area contributed by atoms with Gasteiger partial charge >= 0.3 is 5.97 Å². The summed E-state index contributed by atoms with van der Waals surface area (Å²) < 4.78 is 5.32. The zero-order valence-corrected chi connectivity index (χ0v) is 19.5. The summed E-state index contributed by atoms with van der Waals surface area (Å²) in [6, 6.07) is 0. The normalized spacial score (nSPS) is 11.6. The van der Waals surface area contributed by atoms with Crippen molar-refractivity contribution in [2.24, 2.45) is 5.92 Å². The van der Waals surface area contributed by atoms with Crippen molar-refractivity contribution in [3.63, 3.8) is 0 Å². The molecule has 0 aromatic heterocycles. The predicted molar refractivity (Wildman–Crippen MR) is 124 cm³/mol. The largest absolute Gasteiger partial charge is 0.466 e. The van der Waals surface area contributed by atoms with Gasteiger partial charge in [-0.2, -0.15) is 0 Å². The number of rotatable bonds is 21. The lowest BCUT2D eigenvalue weighted by atomic mass is 10.1. The van der Waals surface area contributed by atoms with Crippen LogP contribution in [0.5, 0.6) is 0 Å². The molecule has 28 heavy (non-hydrogen) atoms. The van der Waals surface area contributed by atoms with Crippen LogP contribution in [0, 0.1) is 5.92 Å². The highest BCUT2D eigenvalue weighted by Crippen LogP contribution is 2.11. The Morgan fingerprint density at radius 3 is 1.86 bits per heavy atom. The first-order valence-electron chi connectivity index (χ1n) is 12.5. The Morgan fingerprint density at radius 1 is 0.714 bits per heavy atom. The summed E-state index contributed by atoms with van der Waals surface area (Å²) in [5, 5.41) is 0. The van der Waals surface area contributed by atoms with E-state index in [2.05, 4.69) is 32.9 Å². The van der Waals surface area contributed by atoms with Crippen molar-refractivity contribution in [2.45, 2.75) is 136 Å². The molecule has 0 aromatic carbocycles. The number of carbonyl (C=O) groups is 1. The molecule has 0 unspecified atom stereocenters. The van der Waals surface area contributed by atoms with Crippen LogP contribution in [-0.4, -0.2) is 12.6 Å². The maximum atomic E-state index is 11.7. The molecule has 2 heteroatoms. The summed E-state index contributed by atoms with van der Waals surface area (Å²) in [6.07, 6.45) is 26.8. The standard InChI is InChI=1S/C26H50O2/c1-4-5-6-7-8-9-10-11-12-13-14-15-16-17-20-23-26(27)28-24-21-18-19-22-25(2)3/h11-12,25H,4-10,13-24H2,1-3H3. The SMILES string of the molecule is CCCCCCCCC=CCCCCCCCC(=O)OCCCCCC(C)C. The van der Waals surface area contributed by atoms with E-state index in [0.717, 1.165) is 25.2 Å². The molecule has 166 valence electrons. The van der Waals surface area contributed by atoms with Gasteiger partial charge in [0.2, 0.25) is 0 Å². The third-order valence-electron chi connectivity index (χ3n) is 5.33. The zero-order valence-electron chi connectivity index (χ0n) is 19.5. The molecule has 0 aliphatic carbocycles. The van der Waals surface area contributed by atoms with Gasteiger partial charge in [0.25, 0.3) is 0 Å². The third kappa shape index (κ3) is 23.2. The van der Waals surface area contributed by atoms with E-state index in [1.54, 1.807) is 0 Å².